The third kappa shape index (κ3) is 68.0. The van der Waals surface area contributed by atoms with Crippen molar-refractivity contribution < 1.29 is 28.6 Å². The molecule has 0 rings (SSSR count). The molecule has 81 heavy (non-hydrogen) atoms. The molecule has 6 nitrogen and oxygen atoms in total. The molecule has 0 bridgehead atoms. The molecule has 0 saturated carbocycles. The van der Waals surface area contributed by atoms with Gasteiger partial charge in [-0.05, 0) is 83.5 Å². The lowest BCUT2D eigenvalue weighted by atomic mass is 10.0. The Bertz CT molecular complexity index is 1400. The highest BCUT2D eigenvalue weighted by Crippen LogP contribution is 2.18. The third-order valence-electron chi connectivity index (χ3n) is 16.3. The van der Waals surface area contributed by atoms with Crippen LogP contribution in [0.2, 0.25) is 0 Å². The van der Waals surface area contributed by atoms with Crippen LogP contribution in [0.3, 0.4) is 0 Å². The summed E-state index contributed by atoms with van der Waals surface area (Å²) in [6.07, 6.45) is 88.9. The molecule has 0 aromatic rings. The molecular formula is C75H138O6. The molecule has 1 unspecified atom stereocenters. The number of esters is 3. The zero-order chi connectivity index (χ0) is 58.5. The van der Waals surface area contributed by atoms with E-state index in [2.05, 4.69) is 69.4 Å². The lowest BCUT2D eigenvalue weighted by molar-refractivity contribution is -0.167. The average molecular weight is 1140 g/mol. The van der Waals surface area contributed by atoms with E-state index in [1.54, 1.807) is 0 Å². The second-order valence-electron chi connectivity index (χ2n) is 24.5. The first-order chi connectivity index (χ1) is 40.0. The molecule has 6 heteroatoms. The van der Waals surface area contributed by atoms with Crippen molar-refractivity contribution in [3.63, 3.8) is 0 Å². The SMILES string of the molecule is CCCCCCC/C=C\C/C=C\C/C=C\CCCCCCCCCCCCCCCCC(=O)OCC(COC(=O)CCCCCCCCC)OC(=O)CCCCCCCCCCCCCCCCC/C=C\CCCCCCCCCC. The van der Waals surface area contributed by atoms with E-state index >= 15 is 0 Å². The monoisotopic (exact) mass is 1140 g/mol. The number of carbonyl (C=O) groups excluding carboxylic acids is 3. The van der Waals surface area contributed by atoms with Crippen LogP contribution in [0, 0.1) is 0 Å². The molecule has 474 valence electrons. The van der Waals surface area contributed by atoms with Gasteiger partial charge in [0.15, 0.2) is 6.10 Å². The summed E-state index contributed by atoms with van der Waals surface area (Å²) in [6, 6.07) is 0. The van der Waals surface area contributed by atoms with Crippen LogP contribution in [0.25, 0.3) is 0 Å². The molecule has 0 aliphatic heterocycles. The highest BCUT2D eigenvalue weighted by Gasteiger charge is 2.19. The van der Waals surface area contributed by atoms with Crippen LogP contribution in [0.15, 0.2) is 48.6 Å². The Balaban J connectivity index is 4.03. The number of hydrogen-bond acceptors (Lipinski definition) is 6. The number of hydrogen-bond donors (Lipinski definition) is 0. The Labute approximate surface area is 505 Å². The van der Waals surface area contributed by atoms with Gasteiger partial charge in [-0.2, -0.15) is 0 Å². The summed E-state index contributed by atoms with van der Waals surface area (Å²) in [5, 5.41) is 0. The topological polar surface area (TPSA) is 78.9 Å². The summed E-state index contributed by atoms with van der Waals surface area (Å²) in [6.45, 7) is 6.65. The fourth-order valence-electron chi connectivity index (χ4n) is 10.9. The van der Waals surface area contributed by atoms with E-state index in [0.29, 0.717) is 19.3 Å². The van der Waals surface area contributed by atoms with E-state index in [9.17, 15) is 14.4 Å². The Kier molecular flexibility index (Phi) is 67.6. The van der Waals surface area contributed by atoms with E-state index < -0.39 is 6.10 Å². The van der Waals surface area contributed by atoms with Crippen LogP contribution in [-0.4, -0.2) is 37.2 Å². The van der Waals surface area contributed by atoms with Gasteiger partial charge in [0.2, 0.25) is 0 Å². The molecule has 0 saturated heterocycles. The largest absolute Gasteiger partial charge is 0.462 e. The summed E-state index contributed by atoms with van der Waals surface area (Å²) >= 11 is 0. The van der Waals surface area contributed by atoms with Crippen molar-refractivity contribution in [3.8, 4) is 0 Å². The maximum atomic E-state index is 12.9. The standard InChI is InChI=1S/C75H138O6/c1-4-7-10-13-16-18-20-22-24-26-28-30-32-34-36-37-39-40-42-44-46-48-50-52-54-56-59-62-65-68-74(77)80-71-72(70-79-73(76)67-64-61-58-15-12-9-6-3)81-75(78)69-66-63-60-57-55-53-51-49-47-45-43-41-38-35-33-31-29-27-25-23-21-19-17-14-11-8-5-2/h20,22,26-29,32,34,72H,4-19,21,23-25,30-31,33,35-71H2,1-3H3/b22-20-,28-26-,29-27-,34-32-. The van der Waals surface area contributed by atoms with Gasteiger partial charge in [-0.1, -0.05) is 339 Å². The first-order valence-corrected chi connectivity index (χ1v) is 36.1. The van der Waals surface area contributed by atoms with Gasteiger partial charge < -0.3 is 14.2 Å². The van der Waals surface area contributed by atoms with Crippen molar-refractivity contribution in [1.29, 1.82) is 0 Å². The van der Waals surface area contributed by atoms with Gasteiger partial charge in [0, 0.05) is 19.3 Å². The molecule has 1 atom stereocenters. The Morgan fingerprint density at radius 2 is 0.444 bits per heavy atom. The third-order valence-corrected chi connectivity index (χ3v) is 16.3. The first kappa shape index (κ1) is 78.4. The fourth-order valence-corrected chi connectivity index (χ4v) is 10.9. The van der Waals surface area contributed by atoms with Crippen molar-refractivity contribution >= 4 is 17.9 Å². The van der Waals surface area contributed by atoms with Crippen molar-refractivity contribution in [2.75, 3.05) is 13.2 Å². The summed E-state index contributed by atoms with van der Waals surface area (Å²) in [7, 11) is 0. The summed E-state index contributed by atoms with van der Waals surface area (Å²) in [5.74, 6) is -0.852. The highest BCUT2D eigenvalue weighted by molar-refractivity contribution is 5.71. The predicted octanol–water partition coefficient (Wildman–Crippen LogP) is 24.9. The van der Waals surface area contributed by atoms with Crippen molar-refractivity contribution in [3.05, 3.63) is 48.6 Å². The smallest absolute Gasteiger partial charge is 0.306 e. The van der Waals surface area contributed by atoms with Gasteiger partial charge in [0.1, 0.15) is 13.2 Å². The Morgan fingerprint density at radius 1 is 0.247 bits per heavy atom. The molecule has 0 spiro atoms. The van der Waals surface area contributed by atoms with Crippen LogP contribution in [0.1, 0.15) is 393 Å². The Morgan fingerprint density at radius 3 is 0.704 bits per heavy atom. The number of rotatable bonds is 67. The van der Waals surface area contributed by atoms with Crippen LogP contribution in [0.4, 0.5) is 0 Å². The molecular weight excluding hydrogens is 997 g/mol. The predicted molar refractivity (Wildman–Crippen MR) is 353 cm³/mol. The van der Waals surface area contributed by atoms with Gasteiger partial charge in [-0.25, -0.2) is 0 Å². The fraction of sp³-hybridized carbons (Fsp3) is 0.853. The van der Waals surface area contributed by atoms with E-state index in [4.69, 9.17) is 14.2 Å². The minimum absolute atomic E-state index is 0.0687. The molecule has 0 aromatic heterocycles. The van der Waals surface area contributed by atoms with Crippen LogP contribution >= 0.6 is 0 Å². The normalized spacial score (nSPS) is 12.3. The lowest BCUT2D eigenvalue weighted by Crippen LogP contribution is -2.30. The molecule has 0 amide bonds. The van der Waals surface area contributed by atoms with Gasteiger partial charge in [-0.3, -0.25) is 14.4 Å². The molecule has 0 N–H and O–H groups in total. The van der Waals surface area contributed by atoms with E-state index in [-0.39, 0.29) is 31.1 Å². The van der Waals surface area contributed by atoms with Crippen LogP contribution in [-0.2, 0) is 28.6 Å². The van der Waals surface area contributed by atoms with Gasteiger partial charge >= 0.3 is 17.9 Å². The van der Waals surface area contributed by atoms with Crippen molar-refractivity contribution in [1.82, 2.24) is 0 Å². The van der Waals surface area contributed by atoms with E-state index in [1.165, 1.54) is 283 Å². The molecule has 0 aliphatic carbocycles. The van der Waals surface area contributed by atoms with Crippen LogP contribution < -0.4 is 0 Å². The minimum atomic E-state index is -0.769. The van der Waals surface area contributed by atoms with Crippen LogP contribution in [0.5, 0.6) is 0 Å². The van der Waals surface area contributed by atoms with E-state index in [1.807, 2.05) is 0 Å². The summed E-state index contributed by atoms with van der Waals surface area (Å²) in [5.41, 5.74) is 0. The maximum Gasteiger partial charge on any atom is 0.306 e. The Hall–Kier alpha value is -2.63. The molecule has 0 aromatic carbocycles. The highest BCUT2D eigenvalue weighted by atomic mass is 16.6. The minimum Gasteiger partial charge on any atom is -0.462 e. The number of ether oxygens (including phenoxy) is 3. The maximum absolute atomic E-state index is 12.9. The average Bonchev–Trinajstić information content (AvgIpc) is 3.47. The van der Waals surface area contributed by atoms with E-state index in [0.717, 1.165) is 70.6 Å². The number of unbranched alkanes of at least 4 members (excludes halogenated alkanes) is 48. The zero-order valence-electron chi connectivity index (χ0n) is 54.6. The zero-order valence-corrected chi connectivity index (χ0v) is 54.6. The quantitative estimate of drug-likeness (QED) is 0.0261. The second-order valence-corrected chi connectivity index (χ2v) is 24.5. The summed E-state index contributed by atoms with van der Waals surface area (Å²) in [4.78, 5) is 38.2. The van der Waals surface area contributed by atoms with Gasteiger partial charge in [-0.15, -0.1) is 0 Å². The molecule has 0 fully saturated rings. The van der Waals surface area contributed by atoms with Crippen molar-refractivity contribution in [2.45, 2.75) is 399 Å². The first-order valence-electron chi connectivity index (χ1n) is 36.1. The summed E-state index contributed by atoms with van der Waals surface area (Å²) < 4.78 is 16.9. The number of allylic oxidation sites excluding steroid dienone is 8. The second kappa shape index (κ2) is 69.9. The number of carbonyl (C=O) groups is 3. The lowest BCUT2D eigenvalue weighted by Gasteiger charge is -2.18. The molecule has 0 radical (unpaired) electrons. The molecule has 0 aliphatic rings. The van der Waals surface area contributed by atoms with Crippen molar-refractivity contribution in [2.24, 2.45) is 0 Å². The van der Waals surface area contributed by atoms with Gasteiger partial charge in [0.05, 0.1) is 0 Å². The molecule has 0 heterocycles. The van der Waals surface area contributed by atoms with Gasteiger partial charge in [0.25, 0.3) is 0 Å².